The van der Waals surface area contributed by atoms with Gasteiger partial charge in [-0.1, -0.05) is 48.5 Å². The Morgan fingerprint density at radius 2 is 1.59 bits per heavy atom. The largest absolute Gasteiger partial charge is 0.342 e. The standard InChI is InChI=1S/C22H25N3O2/c26-20(12-11-18-7-3-1-4-8-18)24-15-13-22(14-16-24)21(27)23-17-25(22)19-9-5-2-6-10-19/h1-10H,11-17H2,(H,23,27). The van der Waals surface area contributed by atoms with Gasteiger partial charge in [-0.25, -0.2) is 0 Å². The second-order valence-electron chi connectivity index (χ2n) is 7.33. The number of hydrogen-bond donors (Lipinski definition) is 1. The van der Waals surface area contributed by atoms with E-state index in [9.17, 15) is 9.59 Å². The summed E-state index contributed by atoms with van der Waals surface area (Å²) in [5.41, 5.74) is 1.71. The molecule has 2 aliphatic heterocycles. The van der Waals surface area contributed by atoms with Crippen LogP contribution in [0.1, 0.15) is 24.8 Å². The first-order valence-electron chi connectivity index (χ1n) is 9.62. The van der Waals surface area contributed by atoms with Gasteiger partial charge in [0.1, 0.15) is 5.54 Å². The maximum Gasteiger partial charge on any atom is 0.247 e. The lowest BCUT2D eigenvalue weighted by atomic mass is 9.85. The molecule has 0 saturated carbocycles. The summed E-state index contributed by atoms with van der Waals surface area (Å²) < 4.78 is 0. The molecular weight excluding hydrogens is 338 g/mol. The van der Waals surface area contributed by atoms with Crippen molar-refractivity contribution in [3.05, 3.63) is 66.2 Å². The van der Waals surface area contributed by atoms with Gasteiger partial charge >= 0.3 is 0 Å². The third-order valence-corrected chi connectivity index (χ3v) is 5.82. The molecule has 0 aliphatic carbocycles. The highest BCUT2D eigenvalue weighted by Crippen LogP contribution is 2.36. The van der Waals surface area contributed by atoms with E-state index in [4.69, 9.17) is 0 Å². The summed E-state index contributed by atoms with van der Waals surface area (Å²) in [4.78, 5) is 29.4. The van der Waals surface area contributed by atoms with E-state index in [1.807, 2.05) is 53.4 Å². The number of anilines is 1. The Balaban J connectivity index is 1.40. The summed E-state index contributed by atoms with van der Waals surface area (Å²) in [7, 11) is 0. The number of nitrogens with one attached hydrogen (secondary N) is 1. The van der Waals surface area contributed by atoms with Crippen LogP contribution in [0.4, 0.5) is 5.69 Å². The molecule has 2 aromatic rings. The highest BCUT2D eigenvalue weighted by Gasteiger charge is 2.50. The summed E-state index contributed by atoms with van der Waals surface area (Å²) in [5.74, 6) is 0.265. The van der Waals surface area contributed by atoms with Crippen molar-refractivity contribution in [3.63, 3.8) is 0 Å². The molecule has 5 heteroatoms. The van der Waals surface area contributed by atoms with Crippen molar-refractivity contribution in [2.24, 2.45) is 0 Å². The van der Waals surface area contributed by atoms with Gasteiger partial charge in [0.15, 0.2) is 0 Å². The third kappa shape index (κ3) is 3.42. The van der Waals surface area contributed by atoms with Gasteiger partial charge in [0, 0.05) is 25.2 Å². The summed E-state index contributed by atoms with van der Waals surface area (Å²) >= 11 is 0. The van der Waals surface area contributed by atoms with Gasteiger partial charge in [-0.3, -0.25) is 9.59 Å². The highest BCUT2D eigenvalue weighted by molar-refractivity contribution is 5.93. The van der Waals surface area contributed by atoms with E-state index >= 15 is 0 Å². The fraction of sp³-hybridized carbons (Fsp3) is 0.364. The molecule has 5 nitrogen and oxygen atoms in total. The van der Waals surface area contributed by atoms with Gasteiger partial charge in [-0.2, -0.15) is 0 Å². The molecule has 0 radical (unpaired) electrons. The van der Waals surface area contributed by atoms with Crippen LogP contribution < -0.4 is 10.2 Å². The number of rotatable bonds is 4. The number of amides is 2. The number of aryl methyl sites for hydroxylation is 1. The van der Waals surface area contributed by atoms with Crippen molar-refractivity contribution >= 4 is 17.5 Å². The molecule has 2 heterocycles. The van der Waals surface area contributed by atoms with Crippen molar-refractivity contribution in [3.8, 4) is 0 Å². The van der Waals surface area contributed by atoms with Crippen LogP contribution in [0.25, 0.3) is 0 Å². The van der Waals surface area contributed by atoms with Crippen LogP contribution in [0, 0.1) is 0 Å². The molecule has 2 fully saturated rings. The van der Waals surface area contributed by atoms with E-state index in [1.54, 1.807) is 0 Å². The normalized spacial score (nSPS) is 18.6. The first-order valence-corrected chi connectivity index (χ1v) is 9.62. The van der Waals surface area contributed by atoms with Crippen LogP contribution >= 0.6 is 0 Å². The number of likely N-dealkylation sites (tertiary alicyclic amines) is 1. The van der Waals surface area contributed by atoms with Crippen LogP contribution in [0.5, 0.6) is 0 Å². The van der Waals surface area contributed by atoms with Crippen molar-refractivity contribution in [2.45, 2.75) is 31.2 Å². The Morgan fingerprint density at radius 3 is 2.26 bits per heavy atom. The predicted molar refractivity (Wildman–Crippen MR) is 105 cm³/mol. The van der Waals surface area contributed by atoms with Gasteiger partial charge < -0.3 is 15.1 Å². The van der Waals surface area contributed by atoms with E-state index in [-0.39, 0.29) is 11.8 Å². The zero-order valence-electron chi connectivity index (χ0n) is 15.4. The Kier molecular flexibility index (Phi) is 4.84. The van der Waals surface area contributed by atoms with Gasteiger partial charge in [-0.05, 0) is 37.0 Å². The molecule has 0 unspecified atom stereocenters. The second kappa shape index (κ2) is 7.43. The molecule has 27 heavy (non-hydrogen) atoms. The molecule has 2 aliphatic rings. The van der Waals surface area contributed by atoms with E-state index in [1.165, 1.54) is 5.56 Å². The maximum absolute atomic E-state index is 12.7. The number of para-hydroxylation sites is 1. The fourth-order valence-electron chi connectivity index (χ4n) is 4.21. The molecule has 2 amide bonds. The SMILES string of the molecule is O=C(CCc1ccccc1)N1CCC2(CC1)C(=O)NCN2c1ccccc1. The fourth-order valence-corrected chi connectivity index (χ4v) is 4.21. The number of piperidine rings is 1. The molecular formula is C22H25N3O2. The molecule has 4 rings (SSSR count). The lowest BCUT2D eigenvalue weighted by Gasteiger charge is -2.43. The van der Waals surface area contributed by atoms with E-state index in [0.717, 1.165) is 12.1 Å². The first kappa shape index (κ1) is 17.6. The molecule has 0 bridgehead atoms. The molecule has 2 aromatic carbocycles. The minimum atomic E-state index is -0.530. The molecule has 2 saturated heterocycles. The van der Waals surface area contributed by atoms with Crippen molar-refractivity contribution in [1.29, 1.82) is 0 Å². The van der Waals surface area contributed by atoms with Crippen LogP contribution in [0.15, 0.2) is 60.7 Å². The number of hydrogen-bond acceptors (Lipinski definition) is 3. The Hall–Kier alpha value is -2.82. The van der Waals surface area contributed by atoms with Crippen molar-refractivity contribution < 1.29 is 9.59 Å². The van der Waals surface area contributed by atoms with Crippen LogP contribution in [0.3, 0.4) is 0 Å². The number of benzene rings is 2. The maximum atomic E-state index is 12.7. The molecule has 0 aromatic heterocycles. The Morgan fingerprint density at radius 1 is 0.963 bits per heavy atom. The number of carbonyl (C=O) groups is 2. The summed E-state index contributed by atoms with van der Waals surface area (Å²) in [6.07, 6.45) is 2.62. The molecule has 1 N–H and O–H groups in total. The van der Waals surface area contributed by atoms with Gasteiger partial charge in [0.2, 0.25) is 11.8 Å². The van der Waals surface area contributed by atoms with Gasteiger partial charge in [0.25, 0.3) is 0 Å². The smallest absolute Gasteiger partial charge is 0.247 e. The van der Waals surface area contributed by atoms with Crippen molar-refractivity contribution in [2.75, 3.05) is 24.7 Å². The van der Waals surface area contributed by atoms with Crippen molar-refractivity contribution in [1.82, 2.24) is 10.2 Å². The molecule has 0 atom stereocenters. The summed E-state index contributed by atoms with van der Waals surface area (Å²) in [6, 6.07) is 20.2. The minimum Gasteiger partial charge on any atom is -0.342 e. The van der Waals surface area contributed by atoms with E-state index in [2.05, 4.69) is 22.3 Å². The lowest BCUT2D eigenvalue weighted by molar-refractivity contribution is -0.135. The Labute approximate surface area is 160 Å². The van der Waals surface area contributed by atoms with Crippen LogP contribution in [-0.4, -0.2) is 42.0 Å². The average molecular weight is 363 g/mol. The minimum absolute atomic E-state index is 0.0859. The topological polar surface area (TPSA) is 52.7 Å². The monoisotopic (exact) mass is 363 g/mol. The highest BCUT2D eigenvalue weighted by atomic mass is 16.2. The number of nitrogens with zero attached hydrogens (tertiary/aromatic N) is 2. The number of carbonyl (C=O) groups excluding carboxylic acids is 2. The van der Waals surface area contributed by atoms with E-state index < -0.39 is 5.54 Å². The zero-order chi connectivity index (χ0) is 18.7. The van der Waals surface area contributed by atoms with Gasteiger partial charge in [0.05, 0.1) is 6.67 Å². The zero-order valence-corrected chi connectivity index (χ0v) is 15.4. The molecule has 140 valence electrons. The third-order valence-electron chi connectivity index (χ3n) is 5.82. The first-order chi connectivity index (χ1) is 13.2. The molecule has 1 spiro atoms. The predicted octanol–water partition coefficient (Wildman–Crippen LogP) is 2.57. The quantitative estimate of drug-likeness (QED) is 0.908. The van der Waals surface area contributed by atoms with Crippen LogP contribution in [-0.2, 0) is 16.0 Å². The van der Waals surface area contributed by atoms with E-state index in [0.29, 0.717) is 39.0 Å². The second-order valence-corrected chi connectivity index (χ2v) is 7.33. The van der Waals surface area contributed by atoms with Crippen LogP contribution in [0.2, 0.25) is 0 Å². The lowest BCUT2D eigenvalue weighted by Crippen LogP contribution is -2.57. The summed E-state index contributed by atoms with van der Waals surface area (Å²) in [6.45, 7) is 1.79. The van der Waals surface area contributed by atoms with Gasteiger partial charge in [-0.15, -0.1) is 0 Å². The average Bonchev–Trinajstić information content (AvgIpc) is 3.04. The summed E-state index contributed by atoms with van der Waals surface area (Å²) in [5, 5.41) is 3.00. The Bertz CT molecular complexity index is 799.